The molecule has 2 saturated heterocycles. The van der Waals surface area contributed by atoms with Gasteiger partial charge in [-0.2, -0.15) is 0 Å². The Morgan fingerprint density at radius 3 is 2.17 bits per heavy atom. The average Bonchev–Trinajstić information content (AvgIpc) is 3.19. The summed E-state index contributed by atoms with van der Waals surface area (Å²) >= 11 is 6.14. The number of halogens is 1. The molecule has 2 aliphatic rings. The van der Waals surface area contributed by atoms with Gasteiger partial charge in [0.2, 0.25) is 0 Å². The second-order valence-electron chi connectivity index (χ2n) is 14.0. The second-order valence-corrected chi connectivity index (χ2v) is 14.4. The first kappa shape index (κ1) is 36.7. The molecule has 1 amide bonds. The van der Waals surface area contributed by atoms with Gasteiger partial charge >= 0.3 is 0 Å². The number of Topliss-reactive ketones (excluding diaryl/α,β-unsaturated/α-hetero) is 1. The minimum Gasteiger partial charge on any atom is -0.392 e. The fourth-order valence-corrected chi connectivity index (χ4v) is 7.55. The van der Waals surface area contributed by atoms with Crippen molar-refractivity contribution >= 4 is 29.0 Å². The molecule has 272 valence electrons. The number of aliphatic hydroxyl groups excluding tert-OH is 1. The SMILES string of the molecule is CC(=O)c1cccc(NC(=O)c2cccc(C3OC(CN4CCC(O)(c5ccc(Cl)cc5)CC4)C(c4ccccc4)C(c4ccc(CO)cc4)O3)c2)c1. The third-order valence-corrected chi connectivity index (χ3v) is 10.7. The molecule has 8 nitrogen and oxygen atoms in total. The van der Waals surface area contributed by atoms with E-state index in [1.807, 2.05) is 78.9 Å². The van der Waals surface area contributed by atoms with Crippen LogP contribution in [0.3, 0.4) is 0 Å². The summed E-state index contributed by atoms with van der Waals surface area (Å²) in [4.78, 5) is 27.8. The van der Waals surface area contributed by atoms with Crippen LogP contribution >= 0.6 is 11.6 Å². The third-order valence-electron chi connectivity index (χ3n) is 10.4. The van der Waals surface area contributed by atoms with Gasteiger partial charge in [-0.1, -0.05) is 103 Å². The molecule has 4 atom stereocenters. The summed E-state index contributed by atoms with van der Waals surface area (Å²) in [6, 6.07) is 39.6. The molecule has 7 rings (SSSR count). The zero-order valence-corrected chi connectivity index (χ0v) is 30.3. The number of nitrogens with one attached hydrogen (secondary N) is 1. The van der Waals surface area contributed by atoms with Gasteiger partial charge in [0.25, 0.3) is 5.91 Å². The molecule has 0 saturated carbocycles. The molecule has 0 bridgehead atoms. The normalized spacial score (nSPS) is 21.5. The van der Waals surface area contributed by atoms with Crippen molar-refractivity contribution in [3.63, 3.8) is 0 Å². The molecular weight excluding hydrogens is 688 g/mol. The highest BCUT2D eigenvalue weighted by Crippen LogP contribution is 2.47. The van der Waals surface area contributed by atoms with E-state index < -0.39 is 18.0 Å². The highest BCUT2D eigenvalue weighted by molar-refractivity contribution is 6.30. The monoisotopic (exact) mass is 730 g/mol. The summed E-state index contributed by atoms with van der Waals surface area (Å²) in [5, 5.41) is 25.0. The van der Waals surface area contributed by atoms with Crippen molar-refractivity contribution in [3.8, 4) is 0 Å². The molecule has 4 unspecified atom stereocenters. The average molecular weight is 731 g/mol. The van der Waals surface area contributed by atoms with Crippen LogP contribution in [0.25, 0.3) is 0 Å². The summed E-state index contributed by atoms with van der Waals surface area (Å²) < 4.78 is 13.8. The van der Waals surface area contributed by atoms with Crippen LogP contribution in [0.2, 0.25) is 5.02 Å². The lowest BCUT2D eigenvalue weighted by Gasteiger charge is -2.46. The van der Waals surface area contributed by atoms with E-state index in [2.05, 4.69) is 22.3 Å². The zero-order chi connectivity index (χ0) is 37.0. The molecule has 5 aromatic rings. The number of ketones is 1. The van der Waals surface area contributed by atoms with Gasteiger partial charge in [-0.05, 0) is 78.4 Å². The Morgan fingerprint density at radius 1 is 0.792 bits per heavy atom. The Balaban J connectivity index is 1.18. The van der Waals surface area contributed by atoms with Gasteiger partial charge in [0, 0.05) is 53.0 Å². The minimum atomic E-state index is -0.940. The van der Waals surface area contributed by atoms with Crippen LogP contribution in [0.1, 0.15) is 86.6 Å². The topological polar surface area (TPSA) is 108 Å². The molecular formula is C44H43ClN2O6. The van der Waals surface area contributed by atoms with Crippen molar-refractivity contribution in [2.24, 2.45) is 0 Å². The number of ether oxygens (including phenoxy) is 2. The summed E-state index contributed by atoms with van der Waals surface area (Å²) in [5.74, 6) is -0.593. The van der Waals surface area contributed by atoms with Crippen LogP contribution in [-0.2, 0) is 21.7 Å². The van der Waals surface area contributed by atoms with Crippen molar-refractivity contribution in [3.05, 3.63) is 171 Å². The number of benzene rings is 5. The summed E-state index contributed by atoms with van der Waals surface area (Å²) in [7, 11) is 0. The third kappa shape index (κ3) is 8.44. The minimum absolute atomic E-state index is 0.0620. The van der Waals surface area contributed by atoms with E-state index >= 15 is 0 Å². The fourth-order valence-electron chi connectivity index (χ4n) is 7.42. The van der Waals surface area contributed by atoms with E-state index in [0.29, 0.717) is 59.9 Å². The standard InChI is InChI=1S/C44H43ClN2O6/c1-29(49)33-9-6-12-38(26-33)46-42(50)34-10-5-11-35(25-34)43-52-39(27-47-23-21-44(51,22-24-47)36-17-19-37(45)20-18-36)40(31-7-3-2-4-8-31)41(53-43)32-15-13-30(28-48)14-16-32/h2-20,25-26,39-41,43,48,51H,21-24,27-28H2,1H3,(H,46,50). The number of likely N-dealkylation sites (tertiary alicyclic amines) is 1. The summed E-state index contributed by atoms with van der Waals surface area (Å²) in [5.41, 5.74) is 4.91. The van der Waals surface area contributed by atoms with Crippen molar-refractivity contribution in [2.45, 2.75) is 56.4 Å². The predicted molar refractivity (Wildman–Crippen MR) is 205 cm³/mol. The van der Waals surface area contributed by atoms with E-state index in [1.165, 1.54) is 6.92 Å². The maximum Gasteiger partial charge on any atom is 0.255 e. The number of rotatable bonds is 10. The van der Waals surface area contributed by atoms with Crippen LogP contribution < -0.4 is 5.32 Å². The van der Waals surface area contributed by atoms with E-state index in [-0.39, 0.29) is 30.3 Å². The van der Waals surface area contributed by atoms with Crippen molar-refractivity contribution in [1.29, 1.82) is 0 Å². The molecule has 0 radical (unpaired) electrons. The number of amides is 1. The molecule has 5 aromatic carbocycles. The number of nitrogens with zero attached hydrogens (tertiary/aromatic N) is 1. The maximum absolute atomic E-state index is 13.5. The van der Waals surface area contributed by atoms with Gasteiger partial charge in [0.15, 0.2) is 12.1 Å². The number of hydrogen-bond acceptors (Lipinski definition) is 7. The Hall–Kier alpha value is -4.67. The van der Waals surface area contributed by atoms with Crippen LogP contribution in [0, 0.1) is 0 Å². The largest absolute Gasteiger partial charge is 0.392 e. The molecule has 2 fully saturated rings. The lowest BCUT2D eigenvalue weighted by atomic mass is 9.81. The quantitative estimate of drug-likeness (QED) is 0.124. The molecule has 9 heteroatoms. The van der Waals surface area contributed by atoms with Crippen LogP contribution in [0.4, 0.5) is 5.69 Å². The second kappa shape index (κ2) is 16.1. The number of piperidine rings is 1. The van der Waals surface area contributed by atoms with Gasteiger partial charge < -0.3 is 29.9 Å². The van der Waals surface area contributed by atoms with E-state index in [1.54, 1.807) is 36.4 Å². The molecule has 53 heavy (non-hydrogen) atoms. The maximum atomic E-state index is 13.5. The molecule has 0 aromatic heterocycles. The van der Waals surface area contributed by atoms with Gasteiger partial charge in [0.1, 0.15) is 0 Å². The van der Waals surface area contributed by atoms with Gasteiger partial charge in [-0.15, -0.1) is 0 Å². The lowest BCUT2D eigenvalue weighted by Crippen LogP contribution is -2.49. The van der Waals surface area contributed by atoms with Crippen molar-refractivity contribution in [1.82, 2.24) is 4.90 Å². The number of anilines is 1. The number of carbonyl (C=O) groups is 2. The highest BCUT2D eigenvalue weighted by Gasteiger charge is 2.44. The first-order valence-electron chi connectivity index (χ1n) is 18.0. The molecule has 0 aliphatic carbocycles. The Kier molecular flexibility index (Phi) is 11.2. The van der Waals surface area contributed by atoms with Crippen molar-refractivity contribution in [2.75, 3.05) is 25.0 Å². The molecule has 3 N–H and O–H groups in total. The van der Waals surface area contributed by atoms with E-state index in [9.17, 15) is 19.8 Å². The Morgan fingerprint density at radius 2 is 1.47 bits per heavy atom. The number of hydrogen-bond donors (Lipinski definition) is 3. The Bertz CT molecular complexity index is 2030. The first-order chi connectivity index (χ1) is 25.7. The fraction of sp³-hybridized carbons (Fsp3) is 0.273. The first-order valence-corrected chi connectivity index (χ1v) is 18.4. The highest BCUT2D eigenvalue weighted by atomic mass is 35.5. The van der Waals surface area contributed by atoms with E-state index in [0.717, 1.165) is 22.3 Å². The number of aliphatic hydroxyl groups is 2. The predicted octanol–water partition coefficient (Wildman–Crippen LogP) is 8.21. The molecule has 2 aliphatic heterocycles. The van der Waals surface area contributed by atoms with Crippen LogP contribution in [0.15, 0.2) is 127 Å². The van der Waals surface area contributed by atoms with Gasteiger partial charge in [-0.25, -0.2) is 0 Å². The van der Waals surface area contributed by atoms with Crippen molar-refractivity contribution < 1.29 is 29.3 Å². The lowest BCUT2D eigenvalue weighted by molar-refractivity contribution is -0.264. The van der Waals surface area contributed by atoms with Crippen LogP contribution in [0.5, 0.6) is 0 Å². The van der Waals surface area contributed by atoms with Gasteiger partial charge in [0.05, 0.1) is 24.4 Å². The number of carbonyl (C=O) groups excluding carboxylic acids is 2. The molecule has 0 spiro atoms. The Labute approximate surface area is 315 Å². The summed E-state index contributed by atoms with van der Waals surface area (Å²) in [6.07, 6.45) is -0.415. The van der Waals surface area contributed by atoms with Gasteiger partial charge in [-0.3, -0.25) is 9.59 Å². The summed E-state index contributed by atoms with van der Waals surface area (Å²) in [6.45, 7) is 3.36. The smallest absolute Gasteiger partial charge is 0.255 e. The van der Waals surface area contributed by atoms with E-state index in [4.69, 9.17) is 21.1 Å². The van der Waals surface area contributed by atoms with Crippen LogP contribution in [-0.4, -0.2) is 52.5 Å². The molecule has 2 heterocycles. The zero-order valence-electron chi connectivity index (χ0n) is 29.5.